The van der Waals surface area contributed by atoms with Crippen LogP contribution in [0.3, 0.4) is 0 Å². The normalized spacial score (nSPS) is 21.0. The molecule has 4 heterocycles. The smallest absolute Gasteiger partial charge is 0.223 e. The maximum atomic E-state index is 6.00. The number of nitrogens with two attached hydrogens (primary N) is 1. The van der Waals surface area contributed by atoms with E-state index in [0.29, 0.717) is 5.95 Å². The van der Waals surface area contributed by atoms with Crippen molar-refractivity contribution in [1.29, 1.82) is 0 Å². The van der Waals surface area contributed by atoms with E-state index < -0.39 is 0 Å². The van der Waals surface area contributed by atoms with Crippen molar-refractivity contribution in [2.45, 2.75) is 19.3 Å². The lowest BCUT2D eigenvalue weighted by atomic mass is 9.74. The summed E-state index contributed by atoms with van der Waals surface area (Å²) in [6.07, 6.45) is 3.52. The molecule has 2 fully saturated rings. The Hall–Kier alpha value is -2.50. The van der Waals surface area contributed by atoms with E-state index in [4.69, 9.17) is 10.5 Å². The van der Waals surface area contributed by atoms with Gasteiger partial charge in [0, 0.05) is 37.7 Å². The van der Waals surface area contributed by atoms with Crippen LogP contribution in [0.1, 0.15) is 18.4 Å². The minimum atomic E-state index is 0.196. The second-order valence-corrected chi connectivity index (χ2v) is 7.57. The average Bonchev–Trinajstić information content (AvgIpc) is 3.13. The summed E-state index contributed by atoms with van der Waals surface area (Å²) in [7, 11) is 0. The summed E-state index contributed by atoms with van der Waals surface area (Å²) in [4.78, 5) is 13.5. The maximum absolute atomic E-state index is 6.00. The van der Waals surface area contributed by atoms with Gasteiger partial charge >= 0.3 is 0 Å². The van der Waals surface area contributed by atoms with E-state index in [9.17, 15) is 0 Å². The third-order valence-corrected chi connectivity index (χ3v) is 5.59. The molecule has 2 N–H and O–H groups in total. The molecule has 3 aliphatic heterocycles. The zero-order valence-electron chi connectivity index (χ0n) is 14.3. The van der Waals surface area contributed by atoms with Crippen molar-refractivity contribution in [2.24, 2.45) is 5.41 Å². The van der Waals surface area contributed by atoms with Crippen LogP contribution in [0.25, 0.3) is 0 Å². The van der Waals surface area contributed by atoms with Crippen LogP contribution in [0.2, 0.25) is 0 Å². The predicted molar refractivity (Wildman–Crippen MR) is 98.2 cm³/mol. The van der Waals surface area contributed by atoms with Crippen LogP contribution in [0.15, 0.2) is 30.3 Å². The van der Waals surface area contributed by atoms with Crippen LogP contribution in [-0.4, -0.2) is 42.8 Å². The first kappa shape index (κ1) is 14.8. The van der Waals surface area contributed by atoms with Crippen LogP contribution in [-0.2, 0) is 6.42 Å². The average molecular weight is 337 g/mol. The third-order valence-electron chi connectivity index (χ3n) is 5.59. The summed E-state index contributed by atoms with van der Waals surface area (Å²) < 4.78 is 6.00. The highest BCUT2D eigenvalue weighted by Gasteiger charge is 2.47. The highest BCUT2D eigenvalue weighted by atomic mass is 16.5. The van der Waals surface area contributed by atoms with E-state index in [1.165, 1.54) is 18.4 Å². The number of hydrogen-bond acceptors (Lipinski definition) is 6. The van der Waals surface area contributed by atoms with Gasteiger partial charge in [-0.2, -0.15) is 9.97 Å². The number of rotatable bonds is 2. The van der Waals surface area contributed by atoms with E-state index in [1.54, 1.807) is 0 Å². The number of para-hydroxylation sites is 1. The molecular formula is C19H23N5O. The number of fused-ring (bicyclic) bond motifs is 1. The molecule has 5 rings (SSSR count). The highest BCUT2D eigenvalue weighted by molar-refractivity contribution is 5.56. The number of hydrogen-bond donors (Lipinski definition) is 1. The predicted octanol–water partition coefficient (Wildman–Crippen LogP) is 2.10. The summed E-state index contributed by atoms with van der Waals surface area (Å²) in [6.45, 7) is 4.81. The number of benzene rings is 1. The fourth-order valence-corrected chi connectivity index (χ4v) is 4.32. The number of nitrogens with zero attached hydrogens (tertiary/aromatic N) is 4. The molecule has 0 radical (unpaired) electrons. The maximum Gasteiger partial charge on any atom is 0.223 e. The largest absolute Gasteiger partial charge is 0.493 e. The number of ether oxygens (including phenoxy) is 1. The van der Waals surface area contributed by atoms with E-state index in [0.717, 1.165) is 56.6 Å². The number of aromatic nitrogens is 2. The van der Waals surface area contributed by atoms with Crippen LogP contribution in [0, 0.1) is 5.41 Å². The van der Waals surface area contributed by atoms with Gasteiger partial charge in [-0.3, -0.25) is 0 Å². The molecule has 0 aliphatic carbocycles. The van der Waals surface area contributed by atoms with Crippen molar-refractivity contribution in [1.82, 2.24) is 9.97 Å². The topological polar surface area (TPSA) is 67.5 Å². The molecule has 1 spiro atoms. The molecule has 6 nitrogen and oxygen atoms in total. The molecule has 0 bridgehead atoms. The Bertz CT molecular complexity index is 796. The van der Waals surface area contributed by atoms with E-state index in [-0.39, 0.29) is 5.41 Å². The quantitative estimate of drug-likeness (QED) is 0.905. The summed E-state index contributed by atoms with van der Waals surface area (Å²) in [5.41, 5.74) is 7.49. The third kappa shape index (κ3) is 2.56. The van der Waals surface area contributed by atoms with Crippen molar-refractivity contribution < 1.29 is 4.74 Å². The van der Waals surface area contributed by atoms with Gasteiger partial charge in [0.05, 0.1) is 6.61 Å². The Morgan fingerprint density at radius 3 is 2.52 bits per heavy atom. The standard InChI is InChI=1S/C19H23N5O/c20-18-21-16(23-7-3-4-8-23)9-17(22-18)24-11-19(12-24)10-14-5-1-2-6-15(14)25-13-19/h1-2,5-6,9H,3-4,7-8,10-13H2,(H2,20,21,22). The highest BCUT2D eigenvalue weighted by Crippen LogP contribution is 2.42. The first-order valence-corrected chi connectivity index (χ1v) is 9.06. The van der Waals surface area contributed by atoms with Crippen molar-refractivity contribution in [3.8, 4) is 5.75 Å². The minimum absolute atomic E-state index is 0.196. The monoisotopic (exact) mass is 337 g/mol. The SMILES string of the molecule is Nc1nc(N2CCCC2)cc(N2CC3(COc4ccccc4C3)C2)n1. The van der Waals surface area contributed by atoms with Crippen LogP contribution in [0.4, 0.5) is 17.6 Å². The molecule has 130 valence electrons. The van der Waals surface area contributed by atoms with Crippen LogP contribution >= 0.6 is 0 Å². The molecule has 25 heavy (non-hydrogen) atoms. The fourth-order valence-electron chi connectivity index (χ4n) is 4.32. The first-order chi connectivity index (χ1) is 12.2. The second-order valence-electron chi connectivity index (χ2n) is 7.57. The Kier molecular flexibility index (Phi) is 3.26. The molecule has 1 aromatic carbocycles. The molecular weight excluding hydrogens is 314 g/mol. The first-order valence-electron chi connectivity index (χ1n) is 9.06. The van der Waals surface area contributed by atoms with Crippen LogP contribution in [0.5, 0.6) is 5.75 Å². The Morgan fingerprint density at radius 2 is 1.72 bits per heavy atom. The van der Waals surface area contributed by atoms with Gasteiger partial charge in [-0.1, -0.05) is 18.2 Å². The molecule has 6 heteroatoms. The molecule has 0 amide bonds. The van der Waals surface area contributed by atoms with Gasteiger partial charge in [-0.05, 0) is 30.9 Å². The Balaban J connectivity index is 1.34. The van der Waals surface area contributed by atoms with Gasteiger partial charge in [0.25, 0.3) is 0 Å². The molecule has 0 saturated carbocycles. The van der Waals surface area contributed by atoms with Crippen molar-refractivity contribution in [3.63, 3.8) is 0 Å². The zero-order chi connectivity index (χ0) is 16.9. The van der Waals surface area contributed by atoms with Gasteiger partial charge in [0.2, 0.25) is 5.95 Å². The molecule has 0 unspecified atom stereocenters. The minimum Gasteiger partial charge on any atom is -0.493 e. The van der Waals surface area contributed by atoms with Gasteiger partial charge in [-0.15, -0.1) is 0 Å². The Labute approximate surface area is 147 Å². The molecule has 2 aromatic rings. The lowest BCUT2D eigenvalue weighted by Gasteiger charge is -2.52. The van der Waals surface area contributed by atoms with Gasteiger partial charge in [-0.25, -0.2) is 0 Å². The summed E-state index contributed by atoms with van der Waals surface area (Å²) in [5.74, 6) is 3.31. The lowest BCUT2D eigenvalue weighted by molar-refractivity contribution is 0.0874. The molecule has 3 aliphatic rings. The second kappa shape index (κ2) is 5.51. The molecule has 2 saturated heterocycles. The zero-order valence-corrected chi connectivity index (χ0v) is 14.3. The van der Waals surface area contributed by atoms with Crippen molar-refractivity contribution in [2.75, 3.05) is 48.3 Å². The lowest BCUT2D eigenvalue weighted by Crippen LogP contribution is -2.61. The molecule has 0 atom stereocenters. The Morgan fingerprint density at radius 1 is 1.00 bits per heavy atom. The fraction of sp³-hybridized carbons (Fsp3) is 0.474. The number of anilines is 3. The van der Waals surface area contributed by atoms with E-state index >= 15 is 0 Å². The molecule has 1 aromatic heterocycles. The van der Waals surface area contributed by atoms with Gasteiger partial charge in [0.15, 0.2) is 0 Å². The van der Waals surface area contributed by atoms with E-state index in [1.807, 2.05) is 6.07 Å². The van der Waals surface area contributed by atoms with Crippen molar-refractivity contribution >= 4 is 17.6 Å². The summed E-state index contributed by atoms with van der Waals surface area (Å²) in [6, 6.07) is 10.4. The van der Waals surface area contributed by atoms with Crippen molar-refractivity contribution in [3.05, 3.63) is 35.9 Å². The number of nitrogen functional groups attached to an aromatic ring is 1. The van der Waals surface area contributed by atoms with Gasteiger partial charge in [0.1, 0.15) is 17.4 Å². The van der Waals surface area contributed by atoms with E-state index in [2.05, 4.69) is 44.0 Å². The van der Waals surface area contributed by atoms with Gasteiger partial charge < -0.3 is 20.3 Å². The van der Waals surface area contributed by atoms with Crippen LogP contribution < -0.4 is 20.3 Å². The summed E-state index contributed by atoms with van der Waals surface area (Å²) in [5, 5.41) is 0. The summed E-state index contributed by atoms with van der Waals surface area (Å²) >= 11 is 0.